The molecule has 0 fully saturated rings. The molecule has 2 aromatic heterocycles. The largest absolute Gasteiger partial charge is 0.468 e. The standard InChI is InChI=1S/C15H13N3O3/c1-20-13(19)8-16-14-11-7-12(10-5-3-2-4-6-10)21-15(11)18-9-17-14/h2-7,9H,8H2,1H3,(H,16,17,18). The number of methoxy groups -OCH3 is 1. The van der Waals surface area contributed by atoms with Gasteiger partial charge in [-0.05, 0) is 6.07 Å². The first kappa shape index (κ1) is 13.1. The van der Waals surface area contributed by atoms with Crippen molar-refractivity contribution in [2.75, 3.05) is 19.0 Å². The van der Waals surface area contributed by atoms with Crippen molar-refractivity contribution in [3.05, 3.63) is 42.7 Å². The van der Waals surface area contributed by atoms with Crippen molar-refractivity contribution in [3.8, 4) is 11.3 Å². The first-order chi connectivity index (χ1) is 10.3. The molecule has 3 aromatic rings. The zero-order chi connectivity index (χ0) is 14.7. The average Bonchev–Trinajstić information content (AvgIpc) is 2.98. The second-order valence-corrected chi connectivity index (χ2v) is 4.35. The van der Waals surface area contributed by atoms with Gasteiger partial charge in [0.25, 0.3) is 0 Å². The maximum absolute atomic E-state index is 11.2. The maximum atomic E-state index is 11.2. The highest BCUT2D eigenvalue weighted by atomic mass is 16.5. The van der Waals surface area contributed by atoms with Crippen LogP contribution < -0.4 is 5.32 Å². The molecule has 6 nitrogen and oxygen atoms in total. The molecule has 6 heteroatoms. The van der Waals surface area contributed by atoms with Crippen LogP contribution in [-0.4, -0.2) is 29.6 Å². The number of nitrogens with one attached hydrogen (secondary N) is 1. The van der Waals surface area contributed by atoms with E-state index in [9.17, 15) is 4.79 Å². The Morgan fingerprint density at radius 1 is 1.29 bits per heavy atom. The topological polar surface area (TPSA) is 77.2 Å². The monoisotopic (exact) mass is 283 g/mol. The third kappa shape index (κ3) is 2.69. The lowest BCUT2D eigenvalue weighted by Crippen LogP contribution is -2.15. The lowest BCUT2D eigenvalue weighted by Gasteiger charge is -2.03. The summed E-state index contributed by atoms with van der Waals surface area (Å²) in [6.07, 6.45) is 1.39. The Morgan fingerprint density at radius 2 is 2.10 bits per heavy atom. The summed E-state index contributed by atoms with van der Waals surface area (Å²) in [6.45, 7) is 0.0362. The molecule has 0 aliphatic heterocycles. The summed E-state index contributed by atoms with van der Waals surface area (Å²) in [7, 11) is 1.34. The van der Waals surface area contributed by atoms with Crippen LogP contribution >= 0.6 is 0 Å². The van der Waals surface area contributed by atoms with Crippen LogP contribution in [0.4, 0.5) is 5.82 Å². The normalized spacial score (nSPS) is 10.5. The molecule has 0 saturated heterocycles. The molecule has 0 spiro atoms. The summed E-state index contributed by atoms with van der Waals surface area (Å²) in [5.74, 6) is 0.872. The van der Waals surface area contributed by atoms with Gasteiger partial charge in [-0.2, -0.15) is 0 Å². The predicted octanol–water partition coefficient (Wildman–Crippen LogP) is 2.47. The van der Waals surface area contributed by atoms with Gasteiger partial charge in [-0.25, -0.2) is 9.97 Å². The van der Waals surface area contributed by atoms with Crippen LogP contribution in [-0.2, 0) is 9.53 Å². The number of ether oxygens (including phenoxy) is 1. The Kier molecular flexibility index (Phi) is 3.51. The van der Waals surface area contributed by atoms with Crippen LogP contribution in [0.1, 0.15) is 0 Å². The molecular formula is C15H13N3O3. The second kappa shape index (κ2) is 5.62. The van der Waals surface area contributed by atoms with E-state index in [0.29, 0.717) is 17.3 Å². The minimum absolute atomic E-state index is 0.0362. The molecular weight excluding hydrogens is 270 g/mol. The molecule has 0 atom stereocenters. The summed E-state index contributed by atoms with van der Waals surface area (Å²) in [5, 5.41) is 3.64. The van der Waals surface area contributed by atoms with Crippen molar-refractivity contribution >= 4 is 22.9 Å². The Labute approximate surface area is 120 Å². The van der Waals surface area contributed by atoms with Gasteiger partial charge in [0.1, 0.15) is 24.5 Å². The predicted molar refractivity (Wildman–Crippen MR) is 77.7 cm³/mol. The van der Waals surface area contributed by atoms with E-state index in [2.05, 4.69) is 20.0 Å². The van der Waals surface area contributed by atoms with E-state index >= 15 is 0 Å². The number of aromatic nitrogens is 2. The summed E-state index contributed by atoms with van der Waals surface area (Å²) < 4.78 is 10.3. The van der Waals surface area contributed by atoms with E-state index in [1.54, 1.807) is 0 Å². The third-order valence-electron chi connectivity index (χ3n) is 3.02. The molecule has 0 radical (unpaired) electrons. The third-order valence-corrected chi connectivity index (χ3v) is 3.02. The molecule has 1 aromatic carbocycles. The number of carbonyl (C=O) groups excluding carboxylic acids is 1. The number of anilines is 1. The van der Waals surface area contributed by atoms with Gasteiger partial charge in [0.05, 0.1) is 12.5 Å². The van der Waals surface area contributed by atoms with Crippen molar-refractivity contribution in [1.29, 1.82) is 0 Å². The lowest BCUT2D eigenvalue weighted by molar-refractivity contribution is -0.138. The van der Waals surface area contributed by atoms with Crippen molar-refractivity contribution in [1.82, 2.24) is 9.97 Å². The van der Waals surface area contributed by atoms with Gasteiger partial charge < -0.3 is 14.5 Å². The second-order valence-electron chi connectivity index (χ2n) is 4.35. The van der Waals surface area contributed by atoms with Crippen LogP contribution in [0.3, 0.4) is 0 Å². The Hall–Kier alpha value is -2.89. The van der Waals surface area contributed by atoms with E-state index in [1.165, 1.54) is 13.4 Å². The van der Waals surface area contributed by atoms with Crippen molar-refractivity contribution in [3.63, 3.8) is 0 Å². The van der Waals surface area contributed by atoms with Crippen molar-refractivity contribution in [2.24, 2.45) is 0 Å². The highest BCUT2D eigenvalue weighted by molar-refractivity contribution is 5.90. The Balaban J connectivity index is 1.96. The molecule has 21 heavy (non-hydrogen) atoms. The Bertz CT molecular complexity index is 768. The highest BCUT2D eigenvalue weighted by Gasteiger charge is 2.12. The molecule has 3 rings (SSSR count). The molecule has 1 N–H and O–H groups in total. The maximum Gasteiger partial charge on any atom is 0.325 e. The summed E-state index contributed by atoms with van der Waals surface area (Å²) in [6, 6.07) is 11.6. The SMILES string of the molecule is COC(=O)CNc1ncnc2oc(-c3ccccc3)cc12. The summed E-state index contributed by atoms with van der Waals surface area (Å²) >= 11 is 0. The molecule has 0 bridgehead atoms. The minimum Gasteiger partial charge on any atom is -0.468 e. The number of esters is 1. The molecule has 2 heterocycles. The number of furan rings is 1. The number of nitrogens with zero attached hydrogens (tertiary/aromatic N) is 2. The van der Waals surface area contributed by atoms with E-state index in [-0.39, 0.29) is 12.5 Å². The molecule has 0 unspecified atom stereocenters. The number of fused-ring (bicyclic) bond motifs is 1. The van der Waals surface area contributed by atoms with Crippen molar-refractivity contribution in [2.45, 2.75) is 0 Å². The summed E-state index contributed by atoms with van der Waals surface area (Å²) in [4.78, 5) is 19.4. The number of hydrogen-bond donors (Lipinski definition) is 1. The molecule has 0 saturated carbocycles. The van der Waals surface area contributed by atoms with Gasteiger partial charge >= 0.3 is 5.97 Å². The zero-order valence-corrected chi connectivity index (χ0v) is 11.4. The van der Waals surface area contributed by atoms with Gasteiger partial charge in [-0.3, -0.25) is 4.79 Å². The smallest absolute Gasteiger partial charge is 0.325 e. The molecule has 0 aliphatic rings. The fraction of sp³-hybridized carbons (Fsp3) is 0.133. The number of hydrogen-bond acceptors (Lipinski definition) is 6. The quantitative estimate of drug-likeness (QED) is 0.741. The molecule has 106 valence electrons. The number of benzene rings is 1. The van der Waals surface area contributed by atoms with Crippen LogP contribution in [0.2, 0.25) is 0 Å². The van der Waals surface area contributed by atoms with Gasteiger partial charge in [0, 0.05) is 5.56 Å². The van der Waals surface area contributed by atoms with Gasteiger partial charge in [-0.15, -0.1) is 0 Å². The van der Waals surface area contributed by atoms with Crippen LogP contribution in [0.15, 0.2) is 47.1 Å². The van der Waals surface area contributed by atoms with E-state index in [1.807, 2.05) is 36.4 Å². The van der Waals surface area contributed by atoms with Crippen LogP contribution in [0, 0.1) is 0 Å². The first-order valence-corrected chi connectivity index (χ1v) is 6.38. The lowest BCUT2D eigenvalue weighted by atomic mass is 10.2. The van der Waals surface area contributed by atoms with E-state index in [4.69, 9.17) is 4.42 Å². The molecule has 0 amide bonds. The van der Waals surface area contributed by atoms with Crippen LogP contribution in [0.25, 0.3) is 22.4 Å². The highest BCUT2D eigenvalue weighted by Crippen LogP contribution is 2.29. The van der Waals surface area contributed by atoms with Gasteiger partial charge in [0.2, 0.25) is 5.71 Å². The number of rotatable bonds is 4. The average molecular weight is 283 g/mol. The van der Waals surface area contributed by atoms with Crippen LogP contribution in [0.5, 0.6) is 0 Å². The number of carbonyl (C=O) groups is 1. The Morgan fingerprint density at radius 3 is 2.86 bits per heavy atom. The van der Waals surface area contributed by atoms with Crippen molar-refractivity contribution < 1.29 is 13.9 Å². The van der Waals surface area contributed by atoms with E-state index < -0.39 is 0 Å². The van der Waals surface area contributed by atoms with Gasteiger partial charge in [0.15, 0.2) is 0 Å². The zero-order valence-electron chi connectivity index (χ0n) is 11.4. The minimum atomic E-state index is -0.367. The first-order valence-electron chi connectivity index (χ1n) is 6.38. The van der Waals surface area contributed by atoms with Gasteiger partial charge in [-0.1, -0.05) is 30.3 Å². The fourth-order valence-corrected chi connectivity index (χ4v) is 1.97. The molecule has 0 aliphatic carbocycles. The van der Waals surface area contributed by atoms with E-state index in [0.717, 1.165) is 10.9 Å². The fourth-order valence-electron chi connectivity index (χ4n) is 1.97. The summed E-state index contributed by atoms with van der Waals surface area (Å²) in [5.41, 5.74) is 1.42.